The summed E-state index contributed by atoms with van der Waals surface area (Å²) in [6.07, 6.45) is -6.59. The van der Waals surface area contributed by atoms with Gasteiger partial charge in [0.2, 0.25) is 0 Å². The van der Waals surface area contributed by atoms with Crippen molar-refractivity contribution in [3.05, 3.63) is 144 Å². The van der Waals surface area contributed by atoms with E-state index in [-0.39, 0.29) is 33.0 Å². The summed E-state index contributed by atoms with van der Waals surface area (Å²) in [5.74, 6) is -1.45. The van der Waals surface area contributed by atoms with E-state index in [0.717, 1.165) is 22.3 Å². The van der Waals surface area contributed by atoms with Gasteiger partial charge < -0.3 is 43.8 Å². The molecule has 1 fully saturated rings. The molecule has 0 spiro atoms. The summed E-state index contributed by atoms with van der Waals surface area (Å²) in [5.41, 5.74) is 2.93. The van der Waals surface area contributed by atoms with Crippen LogP contribution in [0.5, 0.6) is 0 Å². The number of carbonyl (C=O) groups is 3. The number of alkyl carbamates (subject to hydrolysis) is 1. The van der Waals surface area contributed by atoms with Gasteiger partial charge in [0.1, 0.15) is 30.0 Å². The van der Waals surface area contributed by atoms with Gasteiger partial charge in [0.25, 0.3) is 5.91 Å². The highest BCUT2D eigenvalue weighted by Gasteiger charge is 2.49. The Morgan fingerprint density at radius 1 is 0.643 bits per heavy atom. The highest BCUT2D eigenvalue weighted by atomic mass is 16.6. The SMILES string of the molecule is CC(=O)O[C@H](CNC(=O)OC(C)(C)C)C(=O)N[C@@H]1O[C@H](COCc2ccccc2)[C@@H](OCc2ccccc2)[C@H](OCc2ccccc2)[C@H]1OCc1ccccc1. The summed E-state index contributed by atoms with van der Waals surface area (Å²) >= 11 is 0. The van der Waals surface area contributed by atoms with Crippen LogP contribution in [0.1, 0.15) is 49.9 Å². The zero-order valence-corrected chi connectivity index (χ0v) is 32.3. The number of nitrogens with one attached hydrogen (secondary N) is 2. The molecule has 6 atom stereocenters. The smallest absolute Gasteiger partial charge is 0.407 e. The van der Waals surface area contributed by atoms with E-state index in [2.05, 4.69) is 10.6 Å². The molecule has 56 heavy (non-hydrogen) atoms. The van der Waals surface area contributed by atoms with Crippen LogP contribution in [0.25, 0.3) is 0 Å². The lowest BCUT2D eigenvalue weighted by atomic mass is 9.96. The van der Waals surface area contributed by atoms with Gasteiger partial charge >= 0.3 is 12.1 Å². The summed E-state index contributed by atoms with van der Waals surface area (Å²) in [7, 11) is 0. The lowest BCUT2D eigenvalue weighted by Crippen LogP contribution is -2.66. The van der Waals surface area contributed by atoms with E-state index >= 15 is 0 Å². The second-order valence-corrected chi connectivity index (χ2v) is 14.4. The Labute approximate surface area is 328 Å². The maximum absolute atomic E-state index is 14.0. The first kappa shape index (κ1) is 42.0. The van der Waals surface area contributed by atoms with Crippen LogP contribution in [0, 0.1) is 0 Å². The van der Waals surface area contributed by atoms with Gasteiger partial charge in [0.05, 0.1) is 39.6 Å². The number of hydrogen-bond acceptors (Lipinski definition) is 10. The van der Waals surface area contributed by atoms with Gasteiger partial charge in [-0.1, -0.05) is 121 Å². The Hall–Kier alpha value is -5.11. The summed E-state index contributed by atoms with van der Waals surface area (Å²) in [6.45, 7) is 6.94. The minimum atomic E-state index is -1.43. The molecule has 5 rings (SSSR count). The Morgan fingerprint density at radius 3 is 1.55 bits per heavy atom. The number of ether oxygens (including phenoxy) is 7. The van der Waals surface area contributed by atoms with E-state index in [4.69, 9.17) is 33.2 Å². The molecule has 2 amide bonds. The van der Waals surface area contributed by atoms with E-state index in [1.807, 2.05) is 121 Å². The molecule has 1 aliphatic heterocycles. The number of benzene rings is 4. The van der Waals surface area contributed by atoms with Crippen LogP contribution >= 0.6 is 0 Å². The molecule has 4 aromatic carbocycles. The molecule has 1 aliphatic rings. The fourth-order valence-corrected chi connectivity index (χ4v) is 6.02. The van der Waals surface area contributed by atoms with Crippen molar-refractivity contribution in [2.45, 2.75) is 96.5 Å². The predicted octanol–water partition coefficient (Wildman–Crippen LogP) is 6.26. The van der Waals surface area contributed by atoms with Gasteiger partial charge in [0.15, 0.2) is 12.3 Å². The maximum Gasteiger partial charge on any atom is 0.407 e. The van der Waals surface area contributed by atoms with Gasteiger partial charge in [-0.3, -0.25) is 9.59 Å². The lowest BCUT2D eigenvalue weighted by molar-refractivity contribution is -0.277. The third kappa shape index (κ3) is 13.9. The number of hydrogen-bond donors (Lipinski definition) is 2. The van der Waals surface area contributed by atoms with Crippen molar-refractivity contribution in [2.24, 2.45) is 0 Å². The van der Waals surface area contributed by atoms with E-state index in [1.165, 1.54) is 6.92 Å². The molecule has 0 aromatic heterocycles. The van der Waals surface area contributed by atoms with Crippen LogP contribution < -0.4 is 10.6 Å². The Morgan fingerprint density at radius 2 is 1.09 bits per heavy atom. The van der Waals surface area contributed by atoms with Crippen molar-refractivity contribution in [1.82, 2.24) is 10.6 Å². The Kier molecular flexibility index (Phi) is 16.0. The molecule has 0 unspecified atom stereocenters. The molecule has 298 valence electrons. The van der Waals surface area contributed by atoms with Crippen LogP contribution in [0.15, 0.2) is 121 Å². The van der Waals surface area contributed by atoms with Crippen molar-refractivity contribution in [2.75, 3.05) is 13.2 Å². The number of amides is 2. The van der Waals surface area contributed by atoms with E-state index in [1.54, 1.807) is 20.8 Å². The van der Waals surface area contributed by atoms with Crippen molar-refractivity contribution in [3.8, 4) is 0 Å². The topological polar surface area (TPSA) is 140 Å². The Balaban J connectivity index is 1.47. The van der Waals surface area contributed by atoms with Gasteiger partial charge in [-0.2, -0.15) is 0 Å². The average molecular weight is 769 g/mol. The number of carbonyl (C=O) groups excluding carboxylic acids is 3. The van der Waals surface area contributed by atoms with E-state index in [9.17, 15) is 14.4 Å². The van der Waals surface area contributed by atoms with Crippen LogP contribution in [-0.4, -0.2) is 73.5 Å². The first-order chi connectivity index (χ1) is 27.0. The van der Waals surface area contributed by atoms with Crippen LogP contribution in [-0.2, 0) is 69.2 Å². The average Bonchev–Trinajstić information content (AvgIpc) is 3.18. The Bertz CT molecular complexity index is 1770. The van der Waals surface area contributed by atoms with Gasteiger partial charge in [-0.15, -0.1) is 0 Å². The second-order valence-electron chi connectivity index (χ2n) is 14.4. The molecule has 0 aliphatic carbocycles. The number of esters is 1. The molecule has 4 aromatic rings. The fraction of sp³-hybridized carbons (Fsp3) is 0.386. The number of rotatable bonds is 18. The van der Waals surface area contributed by atoms with Crippen LogP contribution in [0.4, 0.5) is 4.79 Å². The molecule has 0 saturated carbocycles. The monoisotopic (exact) mass is 768 g/mol. The zero-order chi connectivity index (χ0) is 39.8. The first-order valence-electron chi connectivity index (χ1n) is 18.7. The van der Waals surface area contributed by atoms with Gasteiger partial charge in [-0.25, -0.2) is 4.79 Å². The molecule has 12 nitrogen and oxygen atoms in total. The highest BCUT2D eigenvalue weighted by molar-refractivity contribution is 5.84. The fourth-order valence-electron chi connectivity index (χ4n) is 6.02. The van der Waals surface area contributed by atoms with Crippen LogP contribution in [0.3, 0.4) is 0 Å². The summed E-state index contributed by atoms with van der Waals surface area (Å²) < 4.78 is 43.7. The standard InChI is InChI=1S/C44H52N2O10/c1-31(47)54-36(25-45-43(49)56-44(2,3)4)41(48)46-42-40(53-29-35-23-15-8-16-24-35)39(52-28-34-21-13-7-14-22-34)38(51-27-33-19-11-6-12-20-33)37(55-42)30-50-26-32-17-9-5-10-18-32/h5-24,36-40,42H,25-30H2,1-4H3,(H,45,49)(H,46,48)/t36-,37-,38-,39+,40-,42-/m1/s1. The highest BCUT2D eigenvalue weighted by Crippen LogP contribution is 2.30. The van der Waals surface area contributed by atoms with Crippen LogP contribution in [0.2, 0.25) is 0 Å². The minimum Gasteiger partial charge on any atom is -0.451 e. The molecular weight excluding hydrogens is 716 g/mol. The second kappa shape index (κ2) is 21.3. The normalized spacial score (nSPS) is 20.0. The quantitative estimate of drug-likeness (QED) is 0.112. The van der Waals surface area contributed by atoms with Crippen molar-refractivity contribution < 1.29 is 47.5 Å². The third-order valence-electron chi connectivity index (χ3n) is 8.60. The van der Waals surface area contributed by atoms with Gasteiger partial charge in [-0.05, 0) is 43.0 Å². The summed E-state index contributed by atoms with van der Waals surface area (Å²) in [6, 6.07) is 38.8. The van der Waals surface area contributed by atoms with Crippen molar-refractivity contribution in [3.63, 3.8) is 0 Å². The van der Waals surface area contributed by atoms with E-state index in [0.29, 0.717) is 6.61 Å². The maximum atomic E-state index is 14.0. The predicted molar refractivity (Wildman–Crippen MR) is 208 cm³/mol. The third-order valence-corrected chi connectivity index (χ3v) is 8.60. The molecule has 0 bridgehead atoms. The molecule has 1 heterocycles. The molecular formula is C44H52N2O10. The lowest BCUT2D eigenvalue weighted by Gasteiger charge is -2.46. The molecule has 1 saturated heterocycles. The molecule has 0 radical (unpaired) electrons. The summed E-state index contributed by atoms with van der Waals surface area (Å²) in [5, 5.41) is 5.42. The largest absolute Gasteiger partial charge is 0.451 e. The zero-order valence-electron chi connectivity index (χ0n) is 32.3. The van der Waals surface area contributed by atoms with Crippen molar-refractivity contribution >= 4 is 18.0 Å². The minimum absolute atomic E-state index is 0.0743. The van der Waals surface area contributed by atoms with Gasteiger partial charge in [0, 0.05) is 6.92 Å². The van der Waals surface area contributed by atoms with Crippen molar-refractivity contribution in [1.29, 1.82) is 0 Å². The molecule has 2 N–H and O–H groups in total. The molecule has 12 heteroatoms. The summed E-state index contributed by atoms with van der Waals surface area (Å²) in [4.78, 5) is 38.7. The first-order valence-corrected chi connectivity index (χ1v) is 18.7. The van der Waals surface area contributed by atoms with E-state index < -0.39 is 60.3 Å².